The fourth-order valence-electron chi connectivity index (χ4n) is 13.3. The van der Waals surface area contributed by atoms with E-state index in [2.05, 4.69) is 37.5 Å². The number of ether oxygens (including phenoxy) is 2. The Labute approximate surface area is 434 Å². The summed E-state index contributed by atoms with van der Waals surface area (Å²) in [5, 5.41) is 7.79. The Morgan fingerprint density at radius 3 is 2.57 bits per heavy atom. The predicted molar refractivity (Wildman–Crippen MR) is 273 cm³/mol. The van der Waals surface area contributed by atoms with Crippen LogP contribution in [-0.2, 0) is 48.0 Å². The SMILES string of the molecule is CO[C@@H](C)c1ncccc1-c1c2c3cc(ccc3n1CC(F)(F)F)-c1csc(n1)C[C@H](NC(=O)C(C1CCCC1)N1CC[C@]3(CCN(C(=O)[C@H]4C(C5CC5)N4C)C3)C1)C(=O)N1CCC[C@H](N1)C(=O)OCC(C)(C)C2. The summed E-state index contributed by atoms with van der Waals surface area (Å²) < 4.78 is 57.3. The largest absolute Gasteiger partial charge is 0.464 e. The molecule has 3 aromatic heterocycles. The summed E-state index contributed by atoms with van der Waals surface area (Å²) >= 11 is 1.36. The molecular weight excluding hydrogens is 972 g/mol. The molecule has 0 radical (unpaired) electrons. The highest BCUT2D eigenvalue weighted by atomic mass is 32.1. The third-order valence-corrected chi connectivity index (χ3v) is 18.3. The number of pyridine rings is 1. The van der Waals surface area contributed by atoms with Crippen molar-refractivity contribution in [1.82, 2.24) is 45.0 Å². The van der Waals surface area contributed by atoms with Crippen LogP contribution in [0.4, 0.5) is 13.2 Å². The van der Waals surface area contributed by atoms with Crippen molar-refractivity contribution in [2.24, 2.45) is 22.7 Å². The van der Waals surface area contributed by atoms with E-state index in [1.54, 1.807) is 30.5 Å². The number of hydrazine groups is 1. The lowest BCUT2D eigenvalue weighted by Gasteiger charge is -2.37. The quantitative estimate of drug-likeness (QED) is 0.121. The van der Waals surface area contributed by atoms with Crippen LogP contribution >= 0.6 is 11.3 Å². The molecule has 1 spiro atoms. The van der Waals surface area contributed by atoms with Gasteiger partial charge in [-0.2, -0.15) is 13.2 Å². The fraction of sp³-hybridized carbons (Fsp3) is 0.636. The Bertz CT molecular complexity index is 2810. The van der Waals surface area contributed by atoms with Gasteiger partial charge in [0.2, 0.25) is 11.8 Å². The van der Waals surface area contributed by atoms with Gasteiger partial charge in [0, 0.05) is 90.2 Å². The highest BCUT2D eigenvalue weighted by molar-refractivity contribution is 7.10. The van der Waals surface area contributed by atoms with Gasteiger partial charge >= 0.3 is 12.1 Å². The predicted octanol–water partition coefficient (Wildman–Crippen LogP) is 7.32. The number of hydrogen-bond donors (Lipinski definition) is 2. The molecule has 7 aliphatic rings. The molecule has 74 heavy (non-hydrogen) atoms. The monoisotopic (exact) mass is 1040 g/mol. The van der Waals surface area contributed by atoms with E-state index in [0.29, 0.717) is 94.1 Å². The second-order valence-electron chi connectivity index (χ2n) is 23.4. The van der Waals surface area contributed by atoms with E-state index in [1.165, 1.54) is 40.9 Å². The molecule has 398 valence electrons. The van der Waals surface area contributed by atoms with Gasteiger partial charge in [0.1, 0.15) is 24.7 Å². The van der Waals surface area contributed by atoms with Crippen LogP contribution in [0.5, 0.6) is 0 Å². The minimum Gasteiger partial charge on any atom is -0.464 e. The van der Waals surface area contributed by atoms with Crippen LogP contribution in [0, 0.1) is 22.7 Å². The molecule has 8 atom stereocenters. The Hall–Kier alpha value is -4.95. The second-order valence-corrected chi connectivity index (χ2v) is 24.3. The lowest BCUT2D eigenvalue weighted by molar-refractivity contribution is -0.155. The number of fused-ring (bicyclic) bond motifs is 6. The number of likely N-dealkylation sites (tertiary alicyclic amines) is 2. The molecule has 8 heterocycles. The van der Waals surface area contributed by atoms with Gasteiger partial charge in [0.15, 0.2) is 0 Å². The maximum atomic E-state index is 15.1. The van der Waals surface area contributed by atoms with Gasteiger partial charge < -0.3 is 24.3 Å². The molecule has 15 nitrogen and oxygen atoms in total. The van der Waals surface area contributed by atoms with Crippen molar-refractivity contribution >= 4 is 45.9 Å². The standard InChI is InChI=1S/C55H70F3N9O6S/c1-32(72-5)44-36(12-8-20-59-44)47-38-26-53(2,3)31-73-52(71)39-13-9-21-67(62-39)50(69)40(25-43-60-41(27-74-43)35-16-17-42(37(38)24-35)66(47)30-55(56,57)58)61-49(68)46(33-10-6-7-11-33)64-22-18-54(28-64)19-23-65(29-54)51(70)48-45(63(48)4)34-14-15-34/h8,12,16-17,20,24,27,32-34,39-40,45-46,48,62H,6-7,9-11,13-15,18-19,21-23,25-26,28-31H2,1-5H3,(H,61,68)/t32-,39-,40-,45?,46?,48+,54-,63?/m0/s1. The van der Waals surface area contributed by atoms with Crippen LogP contribution in [0.25, 0.3) is 33.4 Å². The van der Waals surface area contributed by atoms with Gasteiger partial charge in [-0.05, 0) is 120 Å². The first-order valence-electron chi connectivity index (χ1n) is 26.8. The van der Waals surface area contributed by atoms with E-state index < -0.39 is 48.3 Å². The Balaban J connectivity index is 0.921. The van der Waals surface area contributed by atoms with Crippen molar-refractivity contribution in [3.63, 3.8) is 0 Å². The van der Waals surface area contributed by atoms with Crippen LogP contribution in [0.1, 0.15) is 107 Å². The molecule has 4 aromatic rings. The summed E-state index contributed by atoms with van der Waals surface area (Å²) in [7, 11) is 3.61. The molecule has 2 aliphatic carbocycles. The highest BCUT2D eigenvalue weighted by Crippen LogP contribution is 2.49. The van der Waals surface area contributed by atoms with E-state index in [1.807, 2.05) is 32.2 Å². The van der Waals surface area contributed by atoms with Crippen molar-refractivity contribution in [2.45, 2.75) is 147 Å². The highest BCUT2D eigenvalue weighted by Gasteiger charge is 2.59. The fourth-order valence-corrected chi connectivity index (χ4v) is 14.2. The van der Waals surface area contributed by atoms with Gasteiger partial charge in [0.05, 0.1) is 40.8 Å². The zero-order chi connectivity index (χ0) is 51.8. The van der Waals surface area contributed by atoms with Crippen molar-refractivity contribution < 1.29 is 41.8 Å². The van der Waals surface area contributed by atoms with Crippen LogP contribution in [0.15, 0.2) is 41.9 Å². The van der Waals surface area contributed by atoms with Crippen LogP contribution in [0.2, 0.25) is 0 Å². The number of hydrogen-bond acceptors (Lipinski definition) is 12. The summed E-state index contributed by atoms with van der Waals surface area (Å²) in [5.74, 6) is -0.116. The van der Waals surface area contributed by atoms with Gasteiger partial charge in [0.25, 0.3) is 5.91 Å². The summed E-state index contributed by atoms with van der Waals surface area (Å²) in [6.45, 7) is 7.54. The Morgan fingerprint density at radius 1 is 1.03 bits per heavy atom. The number of halogens is 3. The van der Waals surface area contributed by atoms with E-state index in [0.717, 1.165) is 51.6 Å². The molecule has 3 unspecified atom stereocenters. The third kappa shape index (κ3) is 10.1. The number of benzene rings is 1. The lowest BCUT2D eigenvalue weighted by atomic mass is 9.84. The van der Waals surface area contributed by atoms with E-state index >= 15 is 4.79 Å². The van der Waals surface area contributed by atoms with Crippen LogP contribution in [0.3, 0.4) is 0 Å². The number of carbonyl (C=O) groups excluding carboxylic acids is 4. The minimum atomic E-state index is -4.57. The molecule has 2 saturated carbocycles. The van der Waals surface area contributed by atoms with Gasteiger partial charge in [-0.3, -0.25) is 39.0 Å². The van der Waals surface area contributed by atoms with Crippen LogP contribution in [-0.4, -0.2) is 148 Å². The summed E-state index contributed by atoms with van der Waals surface area (Å²) in [4.78, 5) is 74.3. The zero-order valence-electron chi connectivity index (χ0n) is 43.2. The summed E-state index contributed by atoms with van der Waals surface area (Å²) in [6, 6.07) is 6.88. The van der Waals surface area contributed by atoms with Gasteiger partial charge in [-0.15, -0.1) is 11.3 Å². The maximum absolute atomic E-state index is 15.1. The van der Waals surface area contributed by atoms with Gasteiger partial charge in [-0.1, -0.05) is 32.8 Å². The normalized spacial score (nSPS) is 28.7. The average molecular weight is 1040 g/mol. The number of nitrogens with one attached hydrogen (secondary N) is 2. The first-order chi connectivity index (χ1) is 35.4. The number of cyclic esters (lactones) is 1. The number of carbonyl (C=O) groups is 4. The number of likely N-dealkylation sites (N-methyl/N-ethyl adjacent to an activating group) is 1. The smallest absolute Gasteiger partial charge is 0.406 e. The van der Waals surface area contributed by atoms with Crippen LogP contribution < -0.4 is 10.7 Å². The molecular formula is C55H70F3N9O6S. The Morgan fingerprint density at radius 2 is 1.81 bits per heavy atom. The second kappa shape index (κ2) is 19.9. The van der Waals surface area contributed by atoms with Crippen molar-refractivity contribution in [1.29, 1.82) is 0 Å². The summed E-state index contributed by atoms with van der Waals surface area (Å²) in [6.07, 6.45) is 5.84. The first-order valence-corrected chi connectivity index (χ1v) is 27.7. The number of nitrogens with zero attached hydrogens (tertiary/aromatic N) is 7. The number of methoxy groups -OCH3 is 1. The molecule has 5 aliphatic heterocycles. The first kappa shape index (κ1) is 51.2. The van der Waals surface area contributed by atoms with E-state index in [9.17, 15) is 27.6 Å². The molecule has 4 saturated heterocycles. The number of aromatic nitrogens is 3. The number of esters is 1. The summed E-state index contributed by atoms with van der Waals surface area (Å²) in [5.41, 5.74) is 5.94. The number of thiazole rings is 1. The average Bonchev–Trinajstić information content (AvgIpc) is 3.84. The molecule has 6 bridgehead atoms. The molecule has 11 rings (SSSR count). The number of alkyl halides is 3. The van der Waals surface area contributed by atoms with Crippen molar-refractivity contribution in [3.05, 3.63) is 58.2 Å². The maximum Gasteiger partial charge on any atom is 0.406 e. The minimum absolute atomic E-state index is 0.00904. The molecule has 19 heteroatoms. The van der Waals surface area contributed by atoms with Gasteiger partial charge in [-0.25, -0.2) is 10.4 Å². The molecule has 1 aromatic carbocycles. The third-order valence-electron chi connectivity index (χ3n) is 17.4. The lowest BCUT2D eigenvalue weighted by Crippen LogP contribution is -2.62. The zero-order valence-corrected chi connectivity index (χ0v) is 44.0. The van der Waals surface area contributed by atoms with E-state index in [-0.39, 0.29) is 54.5 Å². The molecule has 2 N–H and O–H groups in total. The molecule has 6 fully saturated rings. The topological polar surface area (TPSA) is 154 Å². The number of rotatable bonds is 10. The van der Waals surface area contributed by atoms with E-state index in [4.69, 9.17) is 14.5 Å². The number of amides is 3. The molecule has 3 amide bonds. The Kier molecular flexibility index (Phi) is 13.7. The van der Waals surface area contributed by atoms with Crippen molar-refractivity contribution in [3.8, 4) is 22.5 Å². The van der Waals surface area contributed by atoms with Crippen molar-refractivity contribution in [2.75, 3.05) is 53.5 Å².